The van der Waals surface area contributed by atoms with Gasteiger partial charge in [-0.2, -0.15) is 0 Å². The van der Waals surface area contributed by atoms with Gasteiger partial charge in [0.15, 0.2) is 0 Å². The Balaban J connectivity index is 1.28. The number of amides is 2. The van der Waals surface area contributed by atoms with E-state index in [2.05, 4.69) is 56.4 Å². The number of urea groups is 1. The van der Waals surface area contributed by atoms with Crippen molar-refractivity contribution in [3.8, 4) is 16.9 Å². The van der Waals surface area contributed by atoms with Gasteiger partial charge >= 0.3 is 6.03 Å². The summed E-state index contributed by atoms with van der Waals surface area (Å²) >= 11 is 0. The summed E-state index contributed by atoms with van der Waals surface area (Å²) in [7, 11) is 0. The van der Waals surface area contributed by atoms with Crippen LogP contribution in [0.4, 0.5) is 9.18 Å². The highest BCUT2D eigenvalue weighted by Crippen LogP contribution is 2.37. The van der Waals surface area contributed by atoms with E-state index in [-0.39, 0.29) is 11.8 Å². The molecule has 0 aliphatic carbocycles. The Morgan fingerprint density at radius 3 is 2.54 bits per heavy atom. The molecule has 0 atom stereocenters. The van der Waals surface area contributed by atoms with Crippen molar-refractivity contribution in [3.63, 3.8) is 0 Å². The molecule has 0 spiro atoms. The number of rotatable bonds is 7. The molecular formula is C28H32FN7O. The molecule has 2 aliphatic rings. The zero-order valence-electron chi connectivity index (χ0n) is 21.1. The van der Waals surface area contributed by atoms with Gasteiger partial charge in [-0.25, -0.2) is 9.18 Å². The van der Waals surface area contributed by atoms with Crippen LogP contribution in [0.5, 0.6) is 0 Å². The number of piperidine rings is 1. The molecule has 0 radical (unpaired) electrons. The quantitative estimate of drug-likeness (QED) is 0.411. The van der Waals surface area contributed by atoms with Crippen LogP contribution in [0, 0.1) is 5.82 Å². The Hall–Kier alpha value is -3.72. The molecule has 1 N–H and O–H groups in total. The smallest absolute Gasteiger partial charge is 0.317 e. The van der Waals surface area contributed by atoms with Crippen LogP contribution in [0.25, 0.3) is 27.8 Å². The summed E-state index contributed by atoms with van der Waals surface area (Å²) in [5, 5.41) is 12.7. The second-order valence-corrected chi connectivity index (χ2v) is 9.96. The molecule has 2 amide bonds. The molecule has 4 heterocycles. The molecular weight excluding hydrogens is 469 g/mol. The third kappa shape index (κ3) is 4.71. The lowest BCUT2D eigenvalue weighted by atomic mass is 9.89. The minimum absolute atomic E-state index is 0.0539. The number of likely N-dealkylation sites (tertiary alicyclic amines) is 1. The normalized spacial score (nSPS) is 17.1. The lowest BCUT2D eigenvalue weighted by Crippen LogP contribution is -2.40. The van der Waals surface area contributed by atoms with Crippen LogP contribution in [0.1, 0.15) is 31.2 Å². The van der Waals surface area contributed by atoms with Crippen molar-refractivity contribution in [1.82, 2.24) is 34.7 Å². The minimum Gasteiger partial charge on any atom is -0.336 e. The predicted molar refractivity (Wildman–Crippen MR) is 141 cm³/mol. The first-order valence-electron chi connectivity index (χ1n) is 13.2. The Morgan fingerprint density at radius 1 is 1.03 bits per heavy atom. The topological polar surface area (TPSA) is 71.2 Å². The first-order valence-corrected chi connectivity index (χ1v) is 13.2. The maximum Gasteiger partial charge on any atom is 0.317 e. The van der Waals surface area contributed by atoms with Gasteiger partial charge in [-0.3, -0.25) is 4.68 Å². The Kier molecular flexibility index (Phi) is 6.38. The van der Waals surface area contributed by atoms with E-state index in [1.807, 2.05) is 27.9 Å². The van der Waals surface area contributed by atoms with Gasteiger partial charge in [0.1, 0.15) is 11.5 Å². The molecule has 8 nitrogen and oxygen atoms in total. The van der Waals surface area contributed by atoms with E-state index >= 15 is 0 Å². The van der Waals surface area contributed by atoms with E-state index in [1.165, 1.54) is 23.1 Å². The summed E-state index contributed by atoms with van der Waals surface area (Å²) in [4.78, 5) is 16.2. The summed E-state index contributed by atoms with van der Waals surface area (Å²) in [5.74, 6) is 0.192. The number of carbonyl (C=O) groups excluding carboxylic acids is 1. The van der Waals surface area contributed by atoms with Gasteiger partial charge in [0.05, 0.1) is 11.7 Å². The van der Waals surface area contributed by atoms with Crippen molar-refractivity contribution in [2.24, 2.45) is 0 Å². The summed E-state index contributed by atoms with van der Waals surface area (Å²) in [6.45, 7) is 8.08. The fourth-order valence-electron chi connectivity index (χ4n) is 5.59. The number of nitrogens with zero attached hydrogens (tertiary/aromatic N) is 6. The molecule has 9 heteroatoms. The van der Waals surface area contributed by atoms with Crippen molar-refractivity contribution in [3.05, 3.63) is 66.2 Å². The van der Waals surface area contributed by atoms with Crippen molar-refractivity contribution < 1.29 is 9.18 Å². The van der Waals surface area contributed by atoms with Crippen molar-refractivity contribution in [2.75, 3.05) is 39.3 Å². The van der Waals surface area contributed by atoms with E-state index in [4.69, 9.17) is 0 Å². The second kappa shape index (κ2) is 9.97. The monoisotopic (exact) mass is 501 g/mol. The zero-order chi connectivity index (χ0) is 25.4. The summed E-state index contributed by atoms with van der Waals surface area (Å²) in [6.07, 6.45) is 6.34. The molecule has 2 saturated heterocycles. The number of hydrogen-bond donors (Lipinski definition) is 1. The van der Waals surface area contributed by atoms with Gasteiger partial charge in [0.2, 0.25) is 0 Å². The molecule has 0 saturated carbocycles. The third-order valence-electron chi connectivity index (χ3n) is 7.76. The van der Waals surface area contributed by atoms with E-state index in [0.29, 0.717) is 5.92 Å². The van der Waals surface area contributed by atoms with Crippen molar-refractivity contribution in [1.29, 1.82) is 0 Å². The standard InChI is InChI=1S/C28H32FN7O/c1-2-35-19-26(31-32-35)21-3-8-27-24(17-21)25(18-36(27)23-6-4-22(29)5-7-23)20-9-12-33(13-10-20)15-16-34-14-11-30-28(34)37/h3-8,17-20H,2,9-16H2,1H3,(H,30,37). The zero-order valence-corrected chi connectivity index (χ0v) is 21.1. The van der Waals surface area contributed by atoms with Gasteiger partial charge in [-0.1, -0.05) is 11.3 Å². The molecule has 6 rings (SSSR count). The largest absolute Gasteiger partial charge is 0.336 e. The maximum atomic E-state index is 13.6. The van der Waals surface area contributed by atoms with Gasteiger partial charge in [0.25, 0.3) is 0 Å². The SMILES string of the molecule is CCn1cc(-c2ccc3c(c2)c(C2CCN(CCN4CCNC4=O)CC2)cn3-c2ccc(F)cc2)nn1. The Morgan fingerprint density at radius 2 is 1.84 bits per heavy atom. The summed E-state index contributed by atoms with van der Waals surface area (Å²) in [6, 6.07) is 13.2. The third-order valence-corrected chi connectivity index (χ3v) is 7.76. The molecule has 2 fully saturated rings. The Labute approximate surface area is 215 Å². The number of benzene rings is 2. The van der Waals surface area contributed by atoms with E-state index in [9.17, 15) is 9.18 Å². The Bertz CT molecular complexity index is 1400. The number of halogens is 1. The highest BCUT2D eigenvalue weighted by Gasteiger charge is 2.26. The molecule has 2 aromatic carbocycles. The molecule has 4 aromatic rings. The minimum atomic E-state index is -0.236. The second-order valence-electron chi connectivity index (χ2n) is 9.96. The maximum absolute atomic E-state index is 13.6. The average Bonchev–Trinajstić information content (AvgIpc) is 3.66. The summed E-state index contributed by atoms with van der Waals surface area (Å²) in [5.41, 5.74) is 5.29. The molecule has 192 valence electrons. The van der Waals surface area contributed by atoms with Crippen LogP contribution in [0.2, 0.25) is 0 Å². The van der Waals surface area contributed by atoms with Crippen LogP contribution >= 0.6 is 0 Å². The molecule has 0 bridgehead atoms. The molecule has 37 heavy (non-hydrogen) atoms. The highest BCUT2D eigenvalue weighted by atomic mass is 19.1. The van der Waals surface area contributed by atoms with Crippen LogP contribution in [-0.4, -0.2) is 74.7 Å². The van der Waals surface area contributed by atoms with Gasteiger partial charge in [0, 0.05) is 55.6 Å². The first kappa shape index (κ1) is 23.7. The fraction of sp³-hybridized carbons (Fsp3) is 0.393. The van der Waals surface area contributed by atoms with Crippen LogP contribution in [-0.2, 0) is 6.54 Å². The van der Waals surface area contributed by atoms with Gasteiger partial charge in [-0.05, 0) is 80.7 Å². The first-order chi connectivity index (χ1) is 18.1. The number of aryl methyl sites for hydroxylation is 1. The van der Waals surface area contributed by atoms with Gasteiger partial charge < -0.3 is 19.7 Å². The molecule has 2 aromatic heterocycles. The highest BCUT2D eigenvalue weighted by molar-refractivity contribution is 5.90. The van der Waals surface area contributed by atoms with E-state index < -0.39 is 0 Å². The number of nitrogens with one attached hydrogen (secondary N) is 1. The number of fused-ring (bicyclic) bond motifs is 1. The lowest BCUT2D eigenvalue weighted by molar-refractivity contribution is 0.181. The number of carbonyl (C=O) groups is 1. The lowest BCUT2D eigenvalue weighted by Gasteiger charge is -2.32. The molecule has 0 unspecified atom stereocenters. The van der Waals surface area contributed by atoms with E-state index in [0.717, 1.165) is 81.1 Å². The van der Waals surface area contributed by atoms with Crippen LogP contribution in [0.15, 0.2) is 54.9 Å². The van der Waals surface area contributed by atoms with Crippen molar-refractivity contribution >= 4 is 16.9 Å². The predicted octanol–water partition coefficient (Wildman–Crippen LogP) is 4.25. The van der Waals surface area contributed by atoms with Gasteiger partial charge in [-0.15, -0.1) is 5.10 Å². The number of hydrogen-bond acceptors (Lipinski definition) is 4. The number of aromatic nitrogens is 4. The van der Waals surface area contributed by atoms with Crippen LogP contribution in [0.3, 0.4) is 0 Å². The fourth-order valence-corrected chi connectivity index (χ4v) is 5.59. The summed E-state index contributed by atoms with van der Waals surface area (Å²) < 4.78 is 17.7. The van der Waals surface area contributed by atoms with E-state index in [1.54, 1.807) is 0 Å². The van der Waals surface area contributed by atoms with Crippen molar-refractivity contribution in [2.45, 2.75) is 32.2 Å². The average molecular weight is 502 g/mol. The molecule has 2 aliphatic heterocycles. The van der Waals surface area contributed by atoms with Crippen LogP contribution < -0.4 is 5.32 Å².